The van der Waals surface area contributed by atoms with E-state index in [-0.39, 0.29) is 0 Å². The first kappa shape index (κ1) is 19.8. The molecule has 0 aromatic heterocycles. The average molecular weight is 393 g/mol. The smallest absolute Gasteiger partial charge is 0.274 e. The molecular formula is C20H22F3N3S. The monoisotopic (exact) mass is 393 g/mol. The number of hydrazine groups is 1. The molecule has 27 heavy (non-hydrogen) atoms. The molecule has 2 aromatic rings. The molecule has 0 saturated heterocycles. The third kappa shape index (κ3) is 3.72. The number of hydrogen-bond donors (Lipinski definition) is 1. The lowest BCUT2D eigenvalue weighted by atomic mass is 9.98. The molecule has 1 aliphatic rings. The number of hydrogen-bond acceptors (Lipinski definition) is 4. The van der Waals surface area contributed by atoms with Crippen LogP contribution in [0.1, 0.15) is 22.3 Å². The highest BCUT2D eigenvalue weighted by molar-refractivity contribution is 7.97. The number of rotatable bonds is 3. The first-order valence-electron chi connectivity index (χ1n) is 8.50. The molecule has 0 amide bonds. The van der Waals surface area contributed by atoms with Gasteiger partial charge in [0.05, 0.1) is 11.4 Å². The fraction of sp³-hybridized carbons (Fsp3) is 0.300. The minimum atomic E-state index is -4.36. The minimum Gasteiger partial charge on any atom is -0.274 e. The van der Waals surface area contributed by atoms with Crippen molar-refractivity contribution >= 4 is 23.3 Å². The van der Waals surface area contributed by atoms with E-state index in [1.807, 2.05) is 32.9 Å². The van der Waals surface area contributed by atoms with E-state index in [0.29, 0.717) is 11.4 Å². The van der Waals surface area contributed by atoms with E-state index in [9.17, 15) is 13.2 Å². The lowest BCUT2D eigenvalue weighted by Crippen LogP contribution is -2.46. The SMILES string of the molecule is Cc1cc(C2=CC(C(F)(F)F)N(C)N2c2ccc(SN)cc2)cc(C)c1C. The van der Waals surface area contributed by atoms with Crippen LogP contribution in [-0.2, 0) is 0 Å². The number of alkyl halides is 3. The maximum absolute atomic E-state index is 13.6. The summed E-state index contributed by atoms with van der Waals surface area (Å²) < 4.78 is 40.8. The van der Waals surface area contributed by atoms with Gasteiger partial charge in [-0.15, -0.1) is 0 Å². The molecule has 0 spiro atoms. The molecule has 1 atom stereocenters. The molecule has 2 aromatic carbocycles. The minimum absolute atomic E-state index is 0.527. The first-order valence-corrected chi connectivity index (χ1v) is 9.38. The van der Waals surface area contributed by atoms with E-state index in [1.165, 1.54) is 18.1 Å². The van der Waals surface area contributed by atoms with Crippen molar-refractivity contribution in [3.63, 3.8) is 0 Å². The van der Waals surface area contributed by atoms with Crippen molar-refractivity contribution in [2.75, 3.05) is 12.1 Å². The largest absolute Gasteiger partial charge is 0.409 e. The zero-order valence-corrected chi connectivity index (χ0v) is 16.4. The maximum atomic E-state index is 13.6. The molecule has 1 heterocycles. The van der Waals surface area contributed by atoms with Gasteiger partial charge in [0.25, 0.3) is 0 Å². The number of nitrogens with zero attached hydrogens (tertiary/aromatic N) is 2. The summed E-state index contributed by atoms with van der Waals surface area (Å²) in [5, 5.41) is 8.40. The van der Waals surface area contributed by atoms with Crippen LogP contribution < -0.4 is 10.1 Å². The Hall–Kier alpha value is -1.96. The van der Waals surface area contributed by atoms with Crippen molar-refractivity contribution in [3.8, 4) is 0 Å². The van der Waals surface area contributed by atoms with Crippen LogP contribution in [0.2, 0.25) is 0 Å². The highest BCUT2D eigenvalue weighted by Gasteiger charge is 2.47. The van der Waals surface area contributed by atoms with Crippen molar-refractivity contribution in [1.82, 2.24) is 5.01 Å². The second kappa shape index (κ2) is 7.22. The quantitative estimate of drug-likeness (QED) is 0.725. The van der Waals surface area contributed by atoms with Gasteiger partial charge in [-0.25, -0.2) is 5.01 Å². The summed E-state index contributed by atoms with van der Waals surface area (Å²) in [6.45, 7) is 5.97. The number of halogens is 3. The highest BCUT2D eigenvalue weighted by atomic mass is 32.2. The molecular weight excluding hydrogens is 371 g/mol. The standard InChI is InChI=1S/C20H22F3N3S/c1-12-9-15(10-13(2)14(12)3)18-11-19(20(21,22)23)25(4)26(18)16-5-7-17(27-24)8-6-16/h5-11,19H,24H2,1-4H3. The zero-order valence-electron chi connectivity index (χ0n) is 15.6. The molecule has 1 unspecified atom stereocenters. The summed E-state index contributed by atoms with van der Waals surface area (Å²) in [6, 6.07) is 9.38. The van der Waals surface area contributed by atoms with Gasteiger partial charge in [0.1, 0.15) is 6.04 Å². The molecule has 0 bridgehead atoms. The molecule has 1 aliphatic heterocycles. The second-order valence-electron chi connectivity index (χ2n) is 6.77. The van der Waals surface area contributed by atoms with Crippen LogP contribution in [0.3, 0.4) is 0 Å². The Labute approximate surface area is 161 Å². The molecule has 3 nitrogen and oxygen atoms in total. The molecule has 0 radical (unpaired) electrons. The van der Waals surface area contributed by atoms with Crippen LogP contribution in [0.5, 0.6) is 0 Å². The van der Waals surface area contributed by atoms with Crippen LogP contribution in [0.4, 0.5) is 18.9 Å². The van der Waals surface area contributed by atoms with Crippen LogP contribution >= 0.6 is 11.9 Å². The summed E-state index contributed by atoms with van der Waals surface area (Å²) in [5.74, 6) is 0. The fourth-order valence-electron chi connectivity index (χ4n) is 3.32. The van der Waals surface area contributed by atoms with Gasteiger partial charge in [-0.1, -0.05) is 0 Å². The van der Waals surface area contributed by atoms with Gasteiger partial charge >= 0.3 is 6.18 Å². The predicted molar refractivity (Wildman–Crippen MR) is 105 cm³/mol. The maximum Gasteiger partial charge on any atom is 0.409 e. The number of anilines is 1. The van der Waals surface area contributed by atoms with E-state index in [1.54, 1.807) is 29.3 Å². The summed E-state index contributed by atoms with van der Waals surface area (Å²) in [5.41, 5.74) is 5.21. The number of nitrogens with two attached hydrogens (primary N) is 1. The van der Waals surface area contributed by atoms with Gasteiger partial charge in [-0.2, -0.15) is 13.2 Å². The molecule has 3 rings (SSSR count). The Morgan fingerprint density at radius 3 is 2.04 bits per heavy atom. The summed E-state index contributed by atoms with van der Waals surface area (Å²) >= 11 is 1.10. The Kier molecular flexibility index (Phi) is 5.29. The lowest BCUT2D eigenvalue weighted by Gasteiger charge is -2.33. The highest BCUT2D eigenvalue weighted by Crippen LogP contribution is 2.40. The van der Waals surface area contributed by atoms with Gasteiger partial charge < -0.3 is 0 Å². The Morgan fingerprint density at radius 1 is 1.00 bits per heavy atom. The Morgan fingerprint density at radius 2 is 1.56 bits per heavy atom. The molecule has 144 valence electrons. The van der Waals surface area contributed by atoms with E-state index in [4.69, 9.17) is 5.14 Å². The lowest BCUT2D eigenvalue weighted by molar-refractivity contribution is -0.164. The topological polar surface area (TPSA) is 32.5 Å². The summed E-state index contributed by atoms with van der Waals surface area (Å²) in [4.78, 5) is 0.848. The molecule has 7 heteroatoms. The molecule has 0 aliphatic carbocycles. The van der Waals surface area contributed by atoms with E-state index in [0.717, 1.165) is 39.1 Å². The Bertz CT molecular complexity index is 852. The van der Waals surface area contributed by atoms with Gasteiger partial charge in [0.2, 0.25) is 0 Å². The average Bonchev–Trinajstić information content (AvgIpc) is 2.97. The van der Waals surface area contributed by atoms with Gasteiger partial charge in [0, 0.05) is 11.9 Å². The van der Waals surface area contributed by atoms with Gasteiger partial charge in [-0.3, -0.25) is 10.1 Å². The second-order valence-corrected chi connectivity index (χ2v) is 7.48. The normalized spacial score (nSPS) is 18.1. The predicted octanol–water partition coefficient (Wildman–Crippen LogP) is 5.22. The van der Waals surface area contributed by atoms with Crippen molar-refractivity contribution in [1.29, 1.82) is 0 Å². The van der Waals surface area contributed by atoms with Gasteiger partial charge in [0.15, 0.2) is 0 Å². The van der Waals surface area contributed by atoms with E-state index < -0.39 is 12.2 Å². The first-order chi connectivity index (χ1) is 12.6. The number of aryl methyl sites for hydroxylation is 2. The van der Waals surface area contributed by atoms with Crippen molar-refractivity contribution in [2.24, 2.45) is 5.14 Å². The molecule has 0 fully saturated rings. The van der Waals surface area contributed by atoms with Crippen LogP contribution in [0.25, 0.3) is 5.70 Å². The fourth-order valence-corrected chi connectivity index (χ4v) is 3.61. The van der Waals surface area contributed by atoms with Crippen LogP contribution in [0, 0.1) is 20.8 Å². The third-order valence-corrected chi connectivity index (χ3v) is 5.58. The summed E-state index contributed by atoms with van der Waals surface area (Å²) in [7, 11) is 1.46. The van der Waals surface area contributed by atoms with Crippen LogP contribution in [0.15, 0.2) is 47.4 Å². The van der Waals surface area contributed by atoms with Crippen molar-refractivity contribution in [3.05, 3.63) is 64.7 Å². The molecule has 2 N–H and O–H groups in total. The number of benzene rings is 2. The zero-order chi connectivity index (χ0) is 19.9. The van der Waals surface area contributed by atoms with E-state index >= 15 is 0 Å². The Balaban J connectivity index is 2.13. The third-order valence-electron chi connectivity index (χ3n) is 5.04. The van der Waals surface area contributed by atoms with Crippen molar-refractivity contribution < 1.29 is 13.2 Å². The van der Waals surface area contributed by atoms with Crippen LogP contribution in [-0.4, -0.2) is 24.3 Å². The van der Waals surface area contributed by atoms with Crippen molar-refractivity contribution in [2.45, 2.75) is 37.9 Å². The summed E-state index contributed by atoms with van der Waals surface area (Å²) in [6.07, 6.45) is -3.08. The molecule has 0 saturated carbocycles. The van der Waals surface area contributed by atoms with Gasteiger partial charge in [-0.05, 0) is 97.4 Å². The number of likely N-dealkylation sites (N-methyl/N-ethyl adjacent to an activating group) is 1. The van der Waals surface area contributed by atoms with E-state index in [2.05, 4.69) is 0 Å².